The van der Waals surface area contributed by atoms with Crippen molar-refractivity contribution in [3.05, 3.63) is 63.9 Å². The van der Waals surface area contributed by atoms with Gasteiger partial charge in [0.2, 0.25) is 11.8 Å². The van der Waals surface area contributed by atoms with Crippen molar-refractivity contribution in [2.24, 2.45) is 5.73 Å². The lowest BCUT2D eigenvalue weighted by Crippen LogP contribution is -2.32. The SMILES string of the molecule is CC(Cc1ccsc1)NC(=O)C=Cc1ccc(C(N)=O)cc1. The van der Waals surface area contributed by atoms with Gasteiger partial charge in [0.25, 0.3) is 0 Å². The Labute approximate surface area is 133 Å². The second-order valence-electron chi connectivity index (χ2n) is 5.06. The van der Waals surface area contributed by atoms with Crippen LogP contribution in [0, 0.1) is 0 Å². The predicted octanol–water partition coefficient (Wildman–Crippen LogP) is 2.61. The summed E-state index contributed by atoms with van der Waals surface area (Å²) in [5, 5.41) is 7.03. The van der Waals surface area contributed by atoms with Gasteiger partial charge in [-0.15, -0.1) is 0 Å². The Kier molecular flexibility index (Phi) is 5.49. The first-order chi connectivity index (χ1) is 10.5. The van der Waals surface area contributed by atoms with Gasteiger partial charge in [-0.25, -0.2) is 0 Å². The van der Waals surface area contributed by atoms with E-state index in [1.807, 2.05) is 12.3 Å². The van der Waals surface area contributed by atoms with E-state index in [-0.39, 0.29) is 11.9 Å². The van der Waals surface area contributed by atoms with Crippen LogP contribution in [0.15, 0.2) is 47.2 Å². The summed E-state index contributed by atoms with van der Waals surface area (Å²) in [7, 11) is 0. The molecule has 1 heterocycles. The maximum atomic E-state index is 11.9. The van der Waals surface area contributed by atoms with Crippen LogP contribution in [-0.4, -0.2) is 17.9 Å². The summed E-state index contributed by atoms with van der Waals surface area (Å²) in [4.78, 5) is 22.8. The molecule has 0 aliphatic carbocycles. The standard InChI is InChI=1S/C17H18N2O2S/c1-12(10-14-8-9-22-11-14)19-16(20)7-4-13-2-5-15(6-3-13)17(18)21/h2-9,11-12H,10H2,1H3,(H2,18,21)(H,19,20). The maximum absolute atomic E-state index is 11.9. The Morgan fingerprint density at radius 3 is 2.59 bits per heavy atom. The number of primary amides is 1. The molecule has 5 heteroatoms. The predicted molar refractivity (Wildman–Crippen MR) is 89.6 cm³/mol. The zero-order valence-electron chi connectivity index (χ0n) is 12.3. The molecule has 1 atom stereocenters. The lowest BCUT2D eigenvalue weighted by molar-refractivity contribution is -0.117. The van der Waals surface area contributed by atoms with Crippen molar-refractivity contribution >= 4 is 29.2 Å². The number of nitrogens with one attached hydrogen (secondary N) is 1. The topological polar surface area (TPSA) is 72.2 Å². The zero-order valence-corrected chi connectivity index (χ0v) is 13.1. The normalized spacial score (nSPS) is 12.2. The van der Waals surface area contributed by atoms with Crippen molar-refractivity contribution in [2.45, 2.75) is 19.4 Å². The number of amides is 2. The van der Waals surface area contributed by atoms with E-state index < -0.39 is 5.91 Å². The number of rotatable bonds is 6. The molecule has 114 valence electrons. The van der Waals surface area contributed by atoms with Crippen molar-refractivity contribution < 1.29 is 9.59 Å². The lowest BCUT2D eigenvalue weighted by Gasteiger charge is -2.11. The number of carbonyl (C=O) groups excluding carboxylic acids is 2. The molecule has 1 aromatic heterocycles. The minimum Gasteiger partial charge on any atom is -0.366 e. The molecule has 3 N–H and O–H groups in total. The molecule has 4 nitrogen and oxygen atoms in total. The summed E-state index contributed by atoms with van der Waals surface area (Å²) >= 11 is 1.65. The van der Waals surface area contributed by atoms with Crippen molar-refractivity contribution in [3.63, 3.8) is 0 Å². The van der Waals surface area contributed by atoms with Gasteiger partial charge in [0.15, 0.2) is 0 Å². The monoisotopic (exact) mass is 314 g/mol. The highest BCUT2D eigenvalue weighted by Gasteiger charge is 2.06. The van der Waals surface area contributed by atoms with Gasteiger partial charge in [-0.3, -0.25) is 9.59 Å². The minimum absolute atomic E-state index is 0.0731. The molecule has 2 rings (SSSR count). The molecule has 0 aliphatic rings. The van der Waals surface area contributed by atoms with Gasteiger partial charge in [-0.1, -0.05) is 12.1 Å². The molecule has 0 aliphatic heterocycles. The first-order valence-corrected chi connectivity index (χ1v) is 7.88. The Balaban J connectivity index is 1.86. The summed E-state index contributed by atoms with van der Waals surface area (Å²) in [6.07, 6.45) is 4.01. The fourth-order valence-corrected chi connectivity index (χ4v) is 2.72. The Morgan fingerprint density at radius 2 is 2.00 bits per heavy atom. The van der Waals surface area contributed by atoms with E-state index in [9.17, 15) is 9.59 Å². The van der Waals surface area contributed by atoms with Gasteiger partial charge in [0.1, 0.15) is 0 Å². The molecule has 0 saturated carbocycles. The summed E-state index contributed by atoms with van der Waals surface area (Å²) < 4.78 is 0. The number of nitrogens with two attached hydrogens (primary N) is 1. The molecule has 0 radical (unpaired) electrons. The summed E-state index contributed by atoms with van der Waals surface area (Å²) in [6.45, 7) is 1.98. The molecule has 0 bridgehead atoms. The second kappa shape index (κ2) is 7.56. The number of hydrogen-bond acceptors (Lipinski definition) is 3. The second-order valence-corrected chi connectivity index (χ2v) is 5.84. The molecule has 0 saturated heterocycles. The molecule has 0 spiro atoms. The van der Waals surface area contributed by atoms with Crippen LogP contribution in [0.4, 0.5) is 0 Å². The Morgan fingerprint density at radius 1 is 1.27 bits per heavy atom. The zero-order chi connectivity index (χ0) is 15.9. The Hall–Kier alpha value is -2.40. The number of hydrogen-bond donors (Lipinski definition) is 2. The van der Waals surface area contributed by atoms with E-state index in [1.54, 1.807) is 41.7 Å². The summed E-state index contributed by atoms with van der Waals surface area (Å²) in [5.41, 5.74) is 7.69. The van der Waals surface area contributed by atoms with Crippen LogP contribution in [0.1, 0.15) is 28.4 Å². The molecule has 1 aromatic carbocycles. The van der Waals surface area contributed by atoms with Crippen LogP contribution in [0.2, 0.25) is 0 Å². The minimum atomic E-state index is -0.462. The fourth-order valence-electron chi connectivity index (χ4n) is 2.03. The molecule has 22 heavy (non-hydrogen) atoms. The quantitative estimate of drug-likeness (QED) is 0.805. The largest absolute Gasteiger partial charge is 0.366 e. The highest BCUT2D eigenvalue weighted by Crippen LogP contribution is 2.09. The van der Waals surface area contributed by atoms with E-state index in [1.165, 1.54) is 11.6 Å². The van der Waals surface area contributed by atoms with Crippen LogP contribution < -0.4 is 11.1 Å². The molecular weight excluding hydrogens is 296 g/mol. The maximum Gasteiger partial charge on any atom is 0.248 e. The highest BCUT2D eigenvalue weighted by atomic mass is 32.1. The van der Waals surface area contributed by atoms with Gasteiger partial charge >= 0.3 is 0 Å². The first-order valence-electron chi connectivity index (χ1n) is 6.94. The van der Waals surface area contributed by atoms with Gasteiger partial charge in [0, 0.05) is 17.7 Å². The van der Waals surface area contributed by atoms with Crippen LogP contribution in [0.5, 0.6) is 0 Å². The third kappa shape index (κ3) is 4.86. The van der Waals surface area contributed by atoms with Crippen LogP contribution in [0.3, 0.4) is 0 Å². The molecule has 0 fully saturated rings. The third-order valence-corrected chi connectivity index (χ3v) is 3.87. The first kappa shape index (κ1) is 16.0. The molecule has 2 aromatic rings. The summed E-state index contributed by atoms with van der Waals surface area (Å²) in [6, 6.07) is 8.91. The average molecular weight is 314 g/mol. The summed E-state index contributed by atoms with van der Waals surface area (Å²) in [5.74, 6) is -0.600. The highest BCUT2D eigenvalue weighted by molar-refractivity contribution is 7.07. The van der Waals surface area contributed by atoms with Gasteiger partial charge in [-0.05, 0) is 59.5 Å². The number of benzene rings is 1. The van der Waals surface area contributed by atoms with Crippen molar-refractivity contribution in [1.82, 2.24) is 5.32 Å². The van der Waals surface area contributed by atoms with E-state index in [2.05, 4.69) is 16.8 Å². The number of thiophene rings is 1. The Bertz CT molecular complexity index is 660. The van der Waals surface area contributed by atoms with Crippen molar-refractivity contribution in [3.8, 4) is 0 Å². The van der Waals surface area contributed by atoms with Crippen LogP contribution in [0.25, 0.3) is 6.08 Å². The molecular formula is C17H18N2O2S. The van der Waals surface area contributed by atoms with Crippen LogP contribution >= 0.6 is 11.3 Å². The van der Waals surface area contributed by atoms with E-state index in [4.69, 9.17) is 5.73 Å². The smallest absolute Gasteiger partial charge is 0.248 e. The van der Waals surface area contributed by atoms with E-state index >= 15 is 0 Å². The van der Waals surface area contributed by atoms with Gasteiger partial charge in [0.05, 0.1) is 0 Å². The fraction of sp³-hybridized carbons (Fsp3) is 0.176. The van der Waals surface area contributed by atoms with Crippen molar-refractivity contribution in [2.75, 3.05) is 0 Å². The van der Waals surface area contributed by atoms with E-state index in [0.717, 1.165) is 12.0 Å². The number of carbonyl (C=O) groups is 2. The molecule has 1 unspecified atom stereocenters. The van der Waals surface area contributed by atoms with Crippen LogP contribution in [-0.2, 0) is 11.2 Å². The van der Waals surface area contributed by atoms with Gasteiger partial charge in [-0.2, -0.15) is 11.3 Å². The average Bonchev–Trinajstić information content (AvgIpc) is 2.98. The lowest BCUT2D eigenvalue weighted by atomic mass is 10.1. The molecule has 2 amide bonds. The third-order valence-electron chi connectivity index (χ3n) is 3.13. The van der Waals surface area contributed by atoms with Crippen molar-refractivity contribution in [1.29, 1.82) is 0 Å². The van der Waals surface area contributed by atoms with Gasteiger partial charge < -0.3 is 11.1 Å². The van der Waals surface area contributed by atoms with E-state index in [0.29, 0.717) is 5.56 Å².